The van der Waals surface area contributed by atoms with Crippen molar-refractivity contribution in [2.24, 2.45) is 0 Å². The van der Waals surface area contributed by atoms with Crippen LogP contribution < -0.4 is 10.2 Å². The molecule has 1 aromatic heterocycles. The van der Waals surface area contributed by atoms with Crippen molar-refractivity contribution in [3.63, 3.8) is 0 Å². The fourth-order valence-electron chi connectivity index (χ4n) is 1.88. The first kappa shape index (κ1) is 13.4. The number of hydrogen-bond acceptors (Lipinski definition) is 5. The Bertz CT molecular complexity index is 731. The van der Waals surface area contributed by atoms with Crippen LogP contribution in [0.2, 0.25) is 0 Å². The first-order valence-electron chi connectivity index (χ1n) is 5.99. The smallest absolute Gasteiger partial charge is 0.145 e. The minimum Gasteiger partial charge on any atom is -0.376 e. The average Bonchev–Trinajstić information content (AvgIpc) is 2.47. The van der Waals surface area contributed by atoms with Crippen molar-refractivity contribution < 1.29 is 0 Å². The van der Waals surface area contributed by atoms with E-state index in [0.29, 0.717) is 0 Å². The lowest BCUT2D eigenvalue weighted by Gasteiger charge is -2.16. The molecular weight excluding hydrogens is 250 g/mol. The molecule has 0 aliphatic heterocycles. The van der Waals surface area contributed by atoms with Gasteiger partial charge in [0.15, 0.2) is 0 Å². The van der Waals surface area contributed by atoms with Crippen molar-refractivity contribution in [1.82, 2.24) is 4.98 Å². The zero-order valence-electron chi connectivity index (χ0n) is 11.3. The van der Waals surface area contributed by atoms with Crippen molar-refractivity contribution >= 4 is 22.3 Å². The van der Waals surface area contributed by atoms with Gasteiger partial charge >= 0.3 is 0 Å². The van der Waals surface area contributed by atoms with E-state index >= 15 is 0 Å². The fraction of sp³-hybridized carbons (Fsp3) is 0.133. The Morgan fingerprint density at radius 2 is 2.00 bits per heavy atom. The van der Waals surface area contributed by atoms with Gasteiger partial charge in [-0.1, -0.05) is 0 Å². The van der Waals surface area contributed by atoms with Gasteiger partial charge in [-0.15, -0.1) is 0 Å². The van der Waals surface area contributed by atoms with Crippen LogP contribution in [0.15, 0.2) is 42.2 Å². The number of anilines is 2. The molecule has 0 bridgehead atoms. The molecule has 0 amide bonds. The zero-order valence-corrected chi connectivity index (χ0v) is 11.3. The van der Waals surface area contributed by atoms with E-state index in [-0.39, 0.29) is 5.57 Å². The van der Waals surface area contributed by atoms with E-state index in [0.717, 1.165) is 22.3 Å². The van der Waals surface area contributed by atoms with Crippen LogP contribution in [-0.4, -0.2) is 19.1 Å². The summed E-state index contributed by atoms with van der Waals surface area (Å²) >= 11 is 0. The molecule has 0 spiro atoms. The summed E-state index contributed by atoms with van der Waals surface area (Å²) < 4.78 is 0. The summed E-state index contributed by atoms with van der Waals surface area (Å²) in [4.78, 5) is 6.39. The summed E-state index contributed by atoms with van der Waals surface area (Å²) in [5.74, 6) is 0. The van der Waals surface area contributed by atoms with Crippen LogP contribution in [-0.2, 0) is 0 Å². The lowest BCUT2D eigenvalue weighted by molar-refractivity contribution is 1.13. The molecule has 0 aliphatic carbocycles. The minimum atomic E-state index is 0.0266. The first-order valence-corrected chi connectivity index (χ1v) is 5.99. The molecule has 0 saturated carbocycles. The SMILES string of the molecule is CN(C)c1ccc(NC=C(C#N)C#N)c2cccnc12. The molecular formula is C15H13N5. The number of nitrogens with one attached hydrogen (secondary N) is 1. The van der Waals surface area contributed by atoms with Gasteiger partial charge in [-0.3, -0.25) is 4.98 Å². The number of rotatable bonds is 3. The first-order chi connectivity index (χ1) is 9.67. The van der Waals surface area contributed by atoms with Gasteiger partial charge < -0.3 is 10.2 Å². The van der Waals surface area contributed by atoms with Gasteiger partial charge in [-0.2, -0.15) is 10.5 Å². The van der Waals surface area contributed by atoms with E-state index in [1.54, 1.807) is 6.20 Å². The van der Waals surface area contributed by atoms with Gasteiger partial charge in [0.2, 0.25) is 0 Å². The molecule has 2 aromatic rings. The molecule has 1 aromatic carbocycles. The third kappa shape index (κ3) is 2.52. The summed E-state index contributed by atoms with van der Waals surface area (Å²) in [5, 5.41) is 21.4. The molecule has 98 valence electrons. The number of nitrogens with zero attached hydrogens (tertiary/aromatic N) is 4. The molecule has 5 nitrogen and oxygen atoms in total. The Balaban J connectivity index is 2.52. The van der Waals surface area contributed by atoms with Crippen molar-refractivity contribution in [2.75, 3.05) is 24.3 Å². The quantitative estimate of drug-likeness (QED) is 0.861. The summed E-state index contributed by atoms with van der Waals surface area (Å²) in [6.45, 7) is 0. The minimum absolute atomic E-state index is 0.0266. The molecule has 0 fully saturated rings. The van der Waals surface area contributed by atoms with Crippen LogP contribution >= 0.6 is 0 Å². The average molecular weight is 263 g/mol. The third-order valence-electron chi connectivity index (χ3n) is 2.84. The van der Waals surface area contributed by atoms with Crippen molar-refractivity contribution in [1.29, 1.82) is 10.5 Å². The lowest BCUT2D eigenvalue weighted by Crippen LogP contribution is -2.09. The standard InChI is InChI=1S/C15H13N5/c1-20(2)14-6-5-13(19-10-11(8-16)9-17)12-4-3-7-18-15(12)14/h3-7,10,19H,1-2H3. The normalized spacial score (nSPS) is 9.40. The highest BCUT2D eigenvalue weighted by Crippen LogP contribution is 2.29. The van der Waals surface area contributed by atoms with Gasteiger partial charge in [-0.25, -0.2) is 0 Å². The molecule has 1 N–H and O–H groups in total. The molecule has 0 radical (unpaired) electrons. The van der Waals surface area contributed by atoms with E-state index in [2.05, 4.69) is 10.3 Å². The number of pyridine rings is 1. The number of benzene rings is 1. The predicted molar refractivity (Wildman–Crippen MR) is 79.0 cm³/mol. The largest absolute Gasteiger partial charge is 0.376 e. The van der Waals surface area contributed by atoms with Gasteiger partial charge in [0, 0.05) is 37.6 Å². The van der Waals surface area contributed by atoms with Gasteiger partial charge in [0.05, 0.1) is 11.2 Å². The van der Waals surface area contributed by atoms with E-state index in [1.807, 2.05) is 55.4 Å². The topological polar surface area (TPSA) is 75.7 Å². The van der Waals surface area contributed by atoms with Gasteiger partial charge in [0.1, 0.15) is 17.7 Å². The highest BCUT2D eigenvalue weighted by Gasteiger charge is 2.07. The number of nitriles is 2. The van der Waals surface area contributed by atoms with Crippen molar-refractivity contribution in [3.05, 3.63) is 42.2 Å². The summed E-state index contributed by atoms with van der Waals surface area (Å²) in [5.41, 5.74) is 2.71. The second-order valence-corrected chi connectivity index (χ2v) is 4.35. The Kier molecular flexibility index (Phi) is 3.83. The van der Waals surface area contributed by atoms with Crippen LogP contribution in [0.1, 0.15) is 0 Å². The Morgan fingerprint density at radius 1 is 1.25 bits per heavy atom. The van der Waals surface area contributed by atoms with Crippen LogP contribution in [0.25, 0.3) is 10.9 Å². The maximum Gasteiger partial charge on any atom is 0.145 e. The number of aromatic nitrogens is 1. The highest BCUT2D eigenvalue weighted by molar-refractivity contribution is 5.99. The third-order valence-corrected chi connectivity index (χ3v) is 2.84. The molecule has 0 aliphatic rings. The molecule has 2 rings (SSSR count). The molecule has 0 unspecified atom stereocenters. The molecule has 20 heavy (non-hydrogen) atoms. The fourth-order valence-corrected chi connectivity index (χ4v) is 1.88. The Hall–Kier alpha value is -3.05. The lowest BCUT2D eigenvalue weighted by atomic mass is 10.1. The monoisotopic (exact) mass is 263 g/mol. The van der Waals surface area contributed by atoms with Crippen LogP contribution in [0, 0.1) is 22.7 Å². The number of fused-ring (bicyclic) bond motifs is 1. The Morgan fingerprint density at radius 3 is 2.65 bits per heavy atom. The molecule has 1 heterocycles. The molecule has 0 saturated heterocycles. The van der Waals surface area contributed by atoms with Crippen molar-refractivity contribution in [2.45, 2.75) is 0 Å². The summed E-state index contributed by atoms with van der Waals surface area (Å²) in [7, 11) is 3.92. The van der Waals surface area contributed by atoms with Crippen LogP contribution in [0.5, 0.6) is 0 Å². The molecule has 0 atom stereocenters. The summed E-state index contributed by atoms with van der Waals surface area (Å²) in [6, 6.07) is 11.3. The Labute approximate surface area is 117 Å². The van der Waals surface area contributed by atoms with Crippen molar-refractivity contribution in [3.8, 4) is 12.1 Å². The maximum atomic E-state index is 8.73. The highest BCUT2D eigenvalue weighted by atomic mass is 15.1. The number of allylic oxidation sites excluding steroid dienone is 1. The second-order valence-electron chi connectivity index (χ2n) is 4.35. The van der Waals surface area contributed by atoms with Gasteiger partial charge in [0.25, 0.3) is 0 Å². The maximum absolute atomic E-state index is 8.73. The van der Waals surface area contributed by atoms with E-state index in [4.69, 9.17) is 10.5 Å². The van der Waals surface area contributed by atoms with Crippen LogP contribution in [0.4, 0.5) is 11.4 Å². The van der Waals surface area contributed by atoms with E-state index in [1.165, 1.54) is 6.20 Å². The van der Waals surface area contributed by atoms with E-state index < -0.39 is 0 Å². The number of hydrogen-bond donors (Lipinski definition) is 1. The predicted octanol–water partition coefficient (Wildman–Crippen LogP) is 2.64. The van der Waals surface area contributed by atoms with E-state index in [9.17, 15) is 0 Å². The van der Waals surface area contributed by atoms with Gasteiger partial charge in [-0.05, 0) is 24.3 Å². The summed E-state index contributed by atoms with van der Waals surface area (Å²) in [6.07, 6.45) is 3.14. The van der Waals surface area contributed by atoms with Crippen LogP contribution in [0.3, 0.4) is 0 Å². The zero-order chi connectivity index (χ0) is 14.5. The second kappa shape index (κ2) is 5.73. The molecule has 5 heteroatoms.